The third-order valence-corrected chi connectivity index (χ3v) is 2.09. The minimum atomic E-state index is -0.342. The number of hydrogen-bond acceptors (Lipinski definition) is 3. The molecule has 0 unspecified atom stereocenters. The number of nitrogens with zero attached hydrogens (tertiary/aromatic N) is 1. The number of halogens is 1. The van der Waals surface area contributed by atoms with Crippen molar-refractivity contribution in [3.63, 3.8) is 0 Å². The quantitative estimate of drug-likeness (QED) is 0.628. The van der Waals surface area contributed by atoms with E-state index in [-0.39, 0.29) is 17.5 Å². The smallest absolute Gasteiger partial charge is 0.230 e. The molecule has 0 amide bonds. The SMILES string of the molecule is N=C(N)c1cccnc1Oc1ccc(F)cc1. The van der Waals surface area contributed by atoms with Crippen LogP contribution in [0, 0.1) is 11.2 Å². The predicted octanol–water partition coefficient (Wildman–Crippen LogP) is 2.30. The Hall–Kier alpha value is -2.43. The molecule has 0 atom stereocenters. The van der Waals surface area contributed by atoms with Gasteiger partial charge in [-0.05, 0) is 36.4 Å². The molecule has 0 radical (unpaired) electrons. The van der Waals surface area contributed by atoms with Gasteiger partial charge in [0.1, 0.15) is 17.4 Å². The number of amidine groups is 1. The monoisotopic (exact) mass is 231 g/mol. The van der Waals surface area contributed by atoms with Gasteiger partial charge >= 0.3 is 0 Å². The molecule has 1 aromatic heterocycles. The van der Waals surface area contributed by atoms with E-state index in [0.29, 0.717) is 11.3 Å². The maximum absolute atomic E-state index is 12.7. The fourth-order valence-corrected chi connectivity index (χ4v) is 1.29. The summed E-state index contributed by atoms with van der Waals surface area (Å²) in [6.45, 7) is 0. The maximum Gasteiger partial charge on any atom is 0.230 e. The molecule has 0 aliphatic carbocycles. The van der Waals surface area contributed by atoms with E-state index in [1.165, 1.54) is 30.5 Å². The lowest BCUT2D eigenvalue weighted by Gasteiger charge is -2.08. The molecule has 0 saturated carbocycles. The van der Waals surface area contributed by atoms with Gasteiger partial charge in [-0.25, -0.2) is 9.37 Å². The minimum absolute atomic E-state index is 0.129. The number of hydrogen-bond donors (Lipinski definition) is 2. The zero-order valence-corrected chi connectivity index (χ0v) is 8.85. The van der Waals surface area contributed by atoms with Gasteiger partial charge in [-0.3, -0.25) is 5.41 Å². The zero-order valence-electron chi connectivity index (χ0n) is 8.85. The van der Waals surface area contributed by atoms with Crippen LogP contribution in [0.2, 0.25) is 0 Å². The highest BCUT2D eigenvalue weighted by Crippen LogP contribution is 2.22. The standard InChI is InChI=1S/C12H10FN3O/c13-8-3-5-9(6-4-8)17-12-10(11(14)15)2-1-7-16-12/h1-7H,(H3,14,15). The van der Waals surface area contributed by atoms with Crippen LogP contribution in [0.15, 0.2) is 42.6 Å². The molecule has 5 heteroatoms. The van der Waals surface area contributed by atoms with E-state index in [4.69, 9.17) is 15.9 Å². The van der Waals surface area contributed by atoms with E-state index < -0.39 is 0 Å². The van der Waals surface area contributed by atoms with Crippen LogP contribution < -0.4 is 10.5 Å². The van der Waals surface area contributed by atoms with Crippen molar-refractivity contribution in [2.24, 2.45) is 5.73 Å². The molecule has 2 rings (SSSR count). The Morgan fingerprint density at radius 1 is 1.24 bits per heavy atom. The first-order valence-electron chi connectivity index (χ1n) is 4.89. The Morgan fingerprint density at radius 2 is 1.94 bits per heavy atom. The van der Waals surface area contributed by atoms with Crippen LogP contribution in [-0.2, 0) is 0 Å². The first-order chi connectivity index (χ1) is 8.16. The molecule has 0 bridgehead atoms. The first-order valence-corrected chi connectivity index (χ1v) is 4.89. The highest BCUT2D eigenvalue weighted by atomic mass is 19.1. The lowest BCUT2D eigenvalue weighted by molar-refractivity contribution is 0.460. The van der Waals surface area contributed by atoms with Crippen molar-refractivity contribution in [2.75, 3.05) is 0 Å². The summed E-state index contributed by atoms with van der Waals surface area (Å²) in [6, 6.07) is 8.82. The summed E-state index contributed by atoms with van der Waals surface area (Å²) >= 11 is 0. The second-order valence-corrected chi connectivity index (χ2v) is 3.33. The summed E-state index contributed by atoms with van der Waals surface area (Å²) in [5.74, 6) is 0.194. The highest BCUT2D eigenvalue weighted by Gasteiger charge is 2.08. The zero-order chi connectivity index (χ0) is 12.3. The van der Waals surface area contributed by atoms with E-state index in [1.54, 1.807) is 12.1 Å². The van der Waals surface area contributed by atoms with E-state index in [0.717, 1.165) is 0 Å². The second-order valence-electron chi connectivity index (χ2n) is 3.33. The van der Waals surface area contributed by atoms with Gasteiger partial charge in [0.25, 0.3) is 0 Å². The van der Waals surface area contributed by atoms with Gasteiger partial charge in [-0.1, -0.05) is 0 Å². The molecule has 0 saturated heterocycles. The Bertz CT molecular complexity index is 540. The van der Waals surface area contributed by atoms with Crippen LogP contribution in [0.25, 0.3) is 0 Å². The number of ether oxygens (including phenoxy) is 1. The summed E-state index contributed by atoms with van der Waals surface area (Å²) in [4.78, 5) is 3.98. The van der Waals surface area contributed by atoms with Crippen LogP contribution >= 0.6 is 0 Å². The van der Waals surface area contributed by atoms with Gasteiger partial charge < -0.3 is 10.5 Å². The Labute approximate surface area is 97.4 Å². The van der Waals surface area contributed by atoms with Crippen molar-refractivity contribution in [2.45, 2.75) is 0 Å². The van der Waals surface area contributed by atoms with Crippen molar-refractivity contribution < 1.29 is 9.13 Å². The van der Waals surface area contributed by atoms with Crippen molar-refractivity contribution in [3.8, 4) is 11.6 Å². The molecule has 0 aliphatic heterocycles. The van der Waals surface area contributed by atoms with E-state index in [9.17, 15) is 4.39 Å². The Balaban J connectivity index is 2.30. The summed E-state index contributed by atoms with van der Waals surface area (Å²) in [5.41, 5.74) is 5.80. The lowest BCUT2D eigenvalue weighted by Crippen LogP contribution is -2.12. The maximum atomic E-state index is 12.7. The van der Waals surface area contributed by atoms with E-state index in [2.05, 4.69) is 4.98 Å². The van der Waals surface area contributed by atoms with E-state index in [1.807, 2.05) is 0 Å². The van der Waals surface area contributed by atoms with Gasteiger partial charge in [0.15, 0.2) is 0 Å². The highest BCUT2D eigenvalue weighted by molar-refractivity contribution is 5.97. The van der Waals surface area contributed by atoms with Crippen molar-refractivity contribution in [1.82, 2.24) is 4.98 Å². The van der Waals surface area contributed by atoms with Crippen LogP contribution in [0.4, 0.5) is 4.39 Å². The molecular formula is C12H10FN3O. The largest absolute Gasteiger partial charge is 0.438 e. The third kappa shape index (κ3) is 2.57. The first kappa shape index (κ1) is 11.1. The minimum Gasteiger partial charge on any atom is -0.438 e. The lowest BCUT2D eigenvalue weighted by atomic mass is 10.2. The van der Waals surface area contributed by atoms with Gasteiger partial charge in [-0.15, -0.1) is 0 Å². The summed E-state index contributed by atoms with van der Waals surface area (Å²) in [7, 11) is 0. The number of nitrogens with one attached hydrogen (secondary N) is 1. The molecule has 1 heterocycles. The molecule has 0 aliphatic rings. The van der Waals surface area contributed by atoms with Gasteiger partial charge in [0.2, 0.25) is 5.88 Å². The molecule has 4 nitrogen and oxygen atoms in total. The molecule has 0 spiro atoms. The summed E-state index contributed by atoms with van der Waals surface area (Å²) < 4.78 is 18.1. The molecule has 17 heavy (non-hydrogen) atoms. The fraction of sp³-hybridized carbons (Fsp3) is 0. The number of aromatic nitrogens is 1. The molecule has 0 fully saturated rings. The average Bonchev–Trinajstić information content (AvgIpc) is 2.32. The van der Waals surface area contributed by atoms with Crippen molar-refractivity contribution in [3.05, 3.63) is 54.0 Å². The number of nitrogen functional groups attached to an aromatic ring is 1. The van der Waals surface area contributed by atoms with Crippen LogP contribution in [0.5, 0.6) is 11.6 Å². The topological polar surface area (TPSA) is 72.0 Å². The molecule has 3 N–H and O–H groups in total. The summed E-state index contributed by atoms with van der Waals surface area (Å²) in [5, 5.41) is 7.37. The number of nitrogens with two attached hydrogens (primary N) is 1. The summed E-state index contributed by atoms with van der Waals surface area (Å²) in [6.07, 6.45) is 1.53. The Kier molecular flexibility index (Phi) is 3.00. The predicted molar refractivity (Wildman–Crippen MR) is 61.7 cm³/mol. The third-order valence-electron chi connectivity index (χ3n) is 2.09. The number of pyridine rings is 1. The fourth-order valence-electron chi connectivity index (χ4n) is 1.29. The van der Waals surface area contributed by atoms with E-state index >= 15 is 0 Å². The second kappa shape index (κ2) is 4.61. The van der Waals surface area contributed by atoms with Crippen LogP contribution in [0.3, 0.4) is 0 Å². The van der Waals surface area contributed by atoms with Crippen molar-refractivity contribution in [1.29, 1.82) is 5.41 Å². The average molecular weight is 231 g/mol. The molecule has 2 aromatic rings. The van der Waals surface area contributed by atoms with Crippen LogP contribution in [-0.4, -0.2) is 10.8 Å². The van der Waals surface area contributed by atoms with Gasteiger partial charge in [0.05, 0.1) is 5.56 Å². The molecular weight excluding hydrogens is 221 g/mol. The van der Waals surface area contributed by atoms with Crippen LogP contribution in [0.1, 0.15) is 5.56 Å². The van der Waals surface area contributed by atoms with Gasteiger partial charge in [-0.2, -0.15) is 0 Å². The van der Waals surface area contributed by atoms with Gasteiger partial charge in [0, 0.05) is 6.20 Å². The Morgan fingerprint density at radius 3 is 2.59 bits per heavy atom. The number of rotatable bonds is 3. The molecule has 1 aromatic carbocycles. The van der Waals surface area contributed by atoms with Crippen molar-refractivity contribution >= 4 is 5.84 Å². The number of benzene rings is 1. The molecule has 86 valence electrons. The normalized spacial score (nSPS) is 9.94.